The number of aromatic nitrogens is 1. The third-order valence-corrected chi connectivity index (χ3v) is 2.04. The first-order valence-electron chi connectivity index (χ1n) is 2.32. The molecular weight excluding hydrogens is 213 g/mol. The molecule has 1 N–H and O–H groups in total. The van der Waals surface area contributed by atoms with Gasteiger partial charge in [0.05, 0.1) is 0 Å². The maximum atomic E-state index is 9.97. The molecule has 1 aromatic heterocycles. The molecule has 0 bridgehead atoms. The summed E-state index contributed by atoms with van der Waals surface area (Å²) in [5.41, 5.74) is 0. The first-order chi connectivity index (χ1) is 5.09. The highest BCUT2D eigenvalue weighted by atomic mass is 35.5. The number of rotatable bonds is 1. The van der Waals surface area contributed by atoms with E-state index in [0.29, 0.717) is 0 Å². The van der Waals surface area contributed by atoms with Gasteiger partial charge in [0.25, 0.3) is 5.88 Å². The predicted octanol–water partition coefficient (Wildman–Crippen LogP) is 2.51. The number of halogens is 2. The van der Waals surface area contributed by atoms with Crippen LogP contribution in [0.4, 0.5) is 4.79 Å². The standard InChI is InChI=1S/C4HCl2NO3S/c5-1-2(10-4(8)9)7-3(6)11-1/h(H,8,9). The summed E-state index contributed by atoms with van der Waals surface area (Å²) in [5, 5.41) is 8.14. The molecule has 0 amide bonds. The molecule has 1 aromatic rings. The second kappa shape index (κ2) is 3.25. The Morgan fingerprint density at radius 1 is 1.64 bits per heavy atom. The number of carboxylic acid groups (broad SMARTS) is 1. The zero-order valence-electron chi connectivity index (χ0n) is 4.88. The van der Waals surface area contributed by atoms with E-state index in [9.17, 15) is 4.79 Å². The monoisotopic (exact) mass is 213 g/mol. The second-order valence-electron chi connectivity index (χ2n) is 1.41. The molecule has 0 aliphatic carbocycles. The van der Waals surface area contributed by atoms with Crippen molar-refractivity contribution in [3.63, 3.8) is 0 Å². The van der Waals surface area contributed by atoms with Crippen LogP contribution in [0.15, 0.2) is 0 Å². The van der Waals surface area contributed by atoms with Crippen molar-refractivity contribution >= 4 is 40.7 Å². The Morgan fingerprint density at radius 2 is 2.27 bits per heavy atom. The van der Waals surface area contributed by atoms with Crippen molar-refractivity contribution in [1.82, 2.24) is 4.98 Å². The number of hydrogen-bond acceptors (Lipinski definition) is 4. The molecule has 0 unspecified atom stereocenters. The van der Waals surface area contributed by atoms with Crippen molar-refractivity contribution in [3.05, 3.63) is 8.80 Å². The van der Waals surface area contributed by atoms with Crippen LogP contribution >= 0.6 is 34.5 Å². The molecule has 7 heteroatoms. The zero-order chi connectivity index (χ0) is 8.43. The topological polar surface area (TPSA) is 59.4 Å². The minimum absolute atomic E-state index is 0.123. The molecule has 0 saturated carbocycles. The third kappa shape index (κ3) is 2.21. The quantitative estimate of drug-likeness (QED) is 0.729. The summed E-state index contributed by atoms with van der Waals surface area (Å²) in [6, 6.07) is 0. The van der Waals surface area contributed by atoms with Gasteiger partial charge in [-0.3, -0.25) is 0 Å². The van der Waals surface area contributed by atoms with Crippen LogP contribution < -0.4 is 4.74 Å². The lowest BCUT2D eigenvalue weighted by molar-refractivity contribution is 0.143. The van der Waals surface area contributed by atoms with Crippen LogP contribution in [0, 0.1) is 0 Å². The van der Waals surface area contributed by atoms with Crippen molar-refractivity contribution in [2.24, 2.45) is 0 Å². The van der Waals surface area contributed by atoms with Crippen molar-refractivity contribution < 1.29 is 14.6 Å². The molecule has 0 radical (unpaired) electrons. The van der Waals surface area contributed by atoms with Crippen molar-refractivity contribution in [3.8, 4) is 5.88 Å². The summed E-state index contributed by atoms with van der Waals surface area (Å²) in [5.74, 6) is -0.172. The van der Waals surface area contributed by atoms with E-state index >= 15 is 0 Å². The number of hydrogen-bond donors (Lipinski definition) is 1. The first-order valence-corrected chi connectivity index (χ1v) is 3.89. The maximum absolute atomic E-state index is 9.97. The van der Waals surface area contributed by atoms with Gasteiger partial charge in [-0.15, -0.1) is 0 Å². The van der Waals surface area contributed by atoms with Crippen molar-refractivity contribution in [2.45, 2.75) is 0 Å². The molecule has 60 valence electrons. The molecule has 0 aliphatic heterocycles. The van der Waals surface area contributed by atoms with Crippen LogP contribution in [0.3, 0.4) is 0 Å². The van der Waals surface area contributed by atoms with Crippen LogP contribution in [-0.2, 0) is 0 Å². The normalized spacial score (nSPS) is 9.64. The van der Waals surface area contributed by atoms with E-state index in [0.717, 1.165) is 11.3 Å². The van der Waals surface area contributed by atoms with E-state index in [-0.39, 0.29) is 14.7 Å². The lowest BCUT2D eigenvalue weighted by Crippen LogP contribution is -2.03. The summed E-state index contributed by atoms with van der Waals surface area (Å²) in [6.07, 6.45) is -1.46. The summed E-state index contributed by atoms with van der Waals surface area (Å²) in [6.45, 7) is 0. The van der Waals surface area contributed by atoms with Crippen LogP contribution in [0.5, 0.6) is 5.88 Å². The molecule has 0 aliphatic rings. The SMILES string of the molecule is O=C(O)Oc1nc(Cl)sc1Cl. The number of nitrogens with zero attached hydrogens (tertiary/aromatic N) is 1. The number of thiazole rings is 1. The molecule has 1 rings (SSSR count). The first kappa shape index (κ1) is 8.58. The highest BCUT2D eigenvalue weighted by molar-refractivity contribution is 7.19. The Bertz CT molecular complexity index is 287. The van der Waals surface area contributed by atoms with Gasteiger partial charge in [0.2, 0.25) is 0 Å². The minimum Gasteiger partial charge on any atom is -0.449 e. The Balaban J connectivity index is 2.85. The molecule has 4 nitrogen and oxygen atoms in total. The summed E-state index contributed by atoms with van der Waals surface area (Å²) >= 11 is 11.8. The van der Waals surface area contributed by atoms with Gasteiger partial charge in [0.15, 0.2) is 8.80 Å². The lowest BCUT2D eigenvalue weighted by atomic mass is 10.9. The molecule has 0 spiro atoms. The van der Waals surface area contributed by atoms with Gasteiger partial charge in [-0.25, -0.2) is 4.79 Å². The van der Waals surface area contributed by atoms with Gasteiger partial charge in [0, 0.05) is 0 Å². The Kier molecular flexibility index (Phi) is 2.53. The van der Waals surface area contributed by atoms with Crippen LogP contribution in [0.1, 0.15) is 0 Å². The molecule has 0 aromatic carbocycles. The van der Waals surface area contributed by atoms with E-state index in [1.807, 2.05) is 0 Å². The summed E-state index contributed by atoms with van der Waals surface area (Å²) in [7, 11) is 0. The van der Waals surface area contributed by atoms with Gasteiger partial charge < -0.3 is 9.84 Å². The third-order valence-electron chi connectivity index (χ3n) is 0.715. The average molecular weight is 214 g/mol. The Morgan fingerprint density at radius 3 is 2.64 bits per heavy atom. The van der Waals surface area contributed by atoms with Crippen LogP contribution in [0.2, 0.25) is 8.80 Å². The minimum atomic E-state index is -1.46. The van der Waals surface area contributed by atoms with E-state index in [1.165, 1.54) is 0 Å². The largest absolute Gasteiger partial charge is 0.512 e. The summed E-state index contributed by atoms with van der Waals surface area (Å²) < 4.78 is 4.43. The second-order valence-corrected chi connectivity index (χ2v) is 3.60. The van der Waals surface area contributed by atoms with Crippen molar-refractivity contribution in [2.75, 3.05) is 0 Å². The number of ether oxygens (including phenoxy) is 1. The summed E-state index contributed by atoms with van der Waals surface area (Å²) in [4.78, 5) is 13.5. The van der Waals surface area contributed by atoms with Crippen LogP contribution in [-0.4, -0.2) is 16.2 Å². The zero-order valence-corrected chi connectivity index (χ0v) is 7.20. The molecular formula is C4HCl2NO3S. The fourth-order valence-corrected chi connectivity index (χ4v) is 1.59. The Hall–Kier alpha value is -0.520. The van der Waals surface area contributed by atoms with E-state index in [1.54, 1.807) is 0 Å². The fourth-order valence-electron chi connectivity index (χ4n) is 0.410. The molecule has 11 heavy (non-hydrogen) atoms. The fraction of sp³-hybridized carbons (Fsp3) is 0. The van der Waals surface area contributed by atoms with Crippen molar-refractivity contribution in [1.29, 1.82) is 0 Å². The van der Waals surface area contributed by atoms with Gasteiger partial charge >= 0.3 is 6.16 Å². The smallest absolute Gasteiger partial charge is 0.449 e. The molecule has 1 heterocycles. The molecule has 0 saturated heterocycles. The predicted molar refractivity (Wildman–Crippen MR) is 40.8 cm³/mol. The lowest BCUT2D eigenvalue weighted by Gasteiger charge is -1.91. The highest BCUT2D eigenvalue weighted by Crippen LogP contribution is 2.33. The van der Waals surface area contributed by atoms with Gasteiger partial charge in [0.1, 0.15) is 0 Å². The van der Waals surface area contributed by atoms with Gasteiger partial charge in [-0.05, 0) is 0 Å². The van der Waals surface area contributed by atoms with Crippen LogP contribution in [0.25, 0.3) is 0 Å². The number of carbonyl (C=O) groups is 1. The van der Waals surface area contributed by atoms with E-state index < -0.39 is 6.16 Å². The Labute approximate surface area is 75.3 Å². The van der Waals surface area contributed by atoms with E-state index in [2.05, 4.69) is 9.72 Å². The molecule has 0 atom stereocenters. The van der Waals surface area contributed by atoms with Gasteiger partial charge in [-0.2, -0.15) is 4.98 Å². The highest BCUT2D eigenvalue weighted by Gasteiger charge is 2.11. The molecule has 0 fully saturated rings. The average Bonchev–Trinajstić information content (AvgIpc) is 2.09. The maximum Gasteiger partial charge on any atom is 0.512 e. The van der Waals surface area contributed by atoms with Gasteiger partial charge in [-0.1, -0.05) is 34.5 Å². The van der Waals surface area contributed by atoms with E-state index in [4.69, 9.17) is 28.3 Å².